The molecule has 22 heavy (non-hydrogen) atoms. The Balaban J connectivity index is 2.00. The number of hydrogen-bond acceptors (Lipinski definition) is 3. The summed E-state index contributed by atoms with van der Waals surface area (Å²) in [4.78, 5) is 26.2. The fourth-order valence-electron chi connectivity index (χ4n) is 2.92. The molecule has 120 valence electrons. The van der Waals surface area contributed by atoms with Crippen LogP contribution in [0.25, 0.3) is 0 Å². The Morgan fingerprint density at radius 2 is 2.09 bits per heavy atom. The van der Waals surface area contributed by atoms with Crippen LogP contribution in [0.3, 0.4) is 0 Å². The van der Waals surface area contributed by atoms with Crippen LogP contribution in [0.1, 0.15) is 36.5 Å². The molecule has 0 aromatic heterocycles. The molecule has 0 N–H and O–H groups in total. The SMILES string of the molecule is CCOC(=O)C1CCCN(C(=O)Cc2cc(C)ccc2C)C1. The summed E-state index contributed by atoms with van der Waals surface area (Å²) in [5.41, 5.74) is 3.37. The zero-order valence-corrected chi connectivity index (χ0v) is 13.7. The lowest BCUT2D eigenvalue weighted by molar-refractivity contribution is -0.151. The average Bonchev–Trinajstić information content (AvgIpc) is 2.51. The third-order valence-corrected chi connectivity index (χ3v) is 4.24. The van der Waals surface area contributed by atoms with E-state index in [2.05, 4.69) is 18.2 Å². The molecule has 0 aliphatic carbocycles. The van der Waals surface area contributed by atoms with Crippen LogP contribution in [0.15, 0.2) is 18.2 Å². The molecule has 1 aromatic rings. The summed E-state index contributed by atoms with van der Waals surface area (Å²) >= 11 is 0. The smallest absolute Gasteiger partial charge is 0.310 e. The molecule has 0 saturated carbocycles. The first-order chi connectivity index (χ1) is 10.5. The first-order valence-electron chi connectivity index (χ1n) is 8.01. The predicted octanol–water partition coefficient (Wildman–Crippen LogP) is 2.65. The number of piperidine rings is 1. The number of hydrogen-bond donors (Lipinski definition) is 0. The quantitative estimate of drug-likeness (QED) is 0.803. The molecule has 2 rings (SSSR count). The Kier molecular flexibility index (Phi) is 5.58. The van der Waals surface area contributed by atoms with Gasteiger partial charge in [0.1, 0.15) is 0 Å². The second-order valence-electron chi connectivity index (χ2n) is 6.04. The van der Waals surface area contributed by atoms with Gasteiger partial charge in [-0.05, 0) is 44.7 Å². The summed E-state index contributed by atoms with van der Waals surface area (Å²) in [6.07, 6.45) is 2.08. The molecule has 4 heteroatoms. The van der Waals surface area contributed by atoms with Crippen molar-refractivity contribution in [3.63, 3.8) is 0 Å². The van der Waals surface area contributed by atoms with Gasteiger partial charge in [0, 0.05) is 13.1 Å². The lowest BCUT2D eigenvalue weighted by Crippen LogP contribution is -2.43. The van der Waals surface area contributed by atoms with Gasteiger partial charge in [-0.25, -0.2) is 0 Å². The molecule has 1 aliphatic heterocycles. The van der Waals surface area contributed by atoms with Gasteiger partial charge in [0.05, 0.1) is 18.9 Å². The fourth-order valence-corrected chi connectivity index (χ4v) is 2.92. The van der Waals surface area contributed by atoms with Gasteiger partial charge in [-0.2, -0.15) is 0 Å². The first-order valence-corrected chi connectivity index (χ1v) is 8.01. The number of esters is 1. The van der Waals surface area contributed by atoms with Gasteiger partial charge < -0.3 is 9.64 Å². The minimum Gasteiger partial charge on any atom is -0.466 e. The molecular formula is C18H25NO3. The number of likely N-dealkylation sites (tertiary alicyclic amines) is 1. The molecule has 1 heterocycles. The number of nitrogens with zero attached hydrogens (tertiary/aromatic N) is 1. The lowest BCUT2D eigenvalue weighted by atomic mass is 9.96. The Labute approximate surface area is 132 Å². The van der Waals surface area contributed by atoms with Crippen LogP contribution in [0.5, 0.6) is 0 Å². The van der Waals surface area contributed by atoms with E-state index in [1.807, 2.05) is 25.7 Å². The van der Waals surface area contributed by atoms with E-state index in [4.69, 9.17) is 4.74 Å². The second kappa shape index (κ2) is 7.43. The number of rotatable bonds is 4. The van der Waals surface area contributed by atoms with Crippen molar-refractivity contribution in [1.82, 2.24) is 4.90 Å². The summed E-state index contributed by atoms with van der Waals surface area (Å²) in [5.74, 6) is -0.245. The van der Waals surface area contributed by atoms with E-state index in [1.165, 1.54) is 0 Å². The van der Waals surface area contributed by atoms with Crippen molar-refractivity contribution in [3.05, 3.63) is 34.9 Å². The van der Waals surface area contributed by atoms with E-state index >= 15 is 0 Å². The third-order valence-electron chi connectivity index (χ3n) is 4.24. The number of ether oxygens (including phenoxy) is 1. The normalized spacial score (nSPS) is 18.1. The number of amides is 1. The molecule has 4 nitrogen and oxygen atoms in total. The van der Waals surface area contributed by atoms with Crippen molar-refractivity contribution in [2.75, 3.05) is 19.7 Å². The highest BCUT2D eigenvalue weighted by Gasteiger charge is 2.29. The largest absolute Gasteiger partial charge is 0.466 e. The van der Waals surface area contributed by atoms with Gasteiger partial charge in [0.15, 0.2) is 0 Å². The van der Waals surface area contributed by atoms with Crippen LogP contribution in [0.2, 0.25) is 0 Å². The number of aryl methyl sites for hydroxylation is 2. The summed E-state index contributed by atoms with van der Waals surface area (Å²) in [7, 11) is 0. The van der Waals surface area contributed by atoms with Crippen LogP contribution >= 0.6 is 0 Å². The molecule has 1 aliphatic rings. The maximum atomic E-state index is 12.5. The Bertz CT molecular complexity index is 553. The van der Waals surface area contributed by atoms with Crippen molar-refractivity contribution in [2.45, 2.75) is 40.0 Å². The highest BCUT2D eigenvalue weighted by Crippen LogP contribution is 2.20. The monoisotopic (exact) mass is 303 g/mol. The second-order valence-corrected chi connectivity index (χ2v) is 6.04. The lowest BCUT2D eigenvalue weighted by Gasteiger charge is -2.31. The minimum atomic E-state index is -0.174. The number of benzene rings is 1. The van der Waals surface area contributed by atoms with Crippen molar-refractivity contribution in [2.24, 2.45) is 5.92 Å². The minimum absolute atomic E-state index is 0.0997. The molecule has 0 radical (unpaired) electrons. The molecule has 1 fully saturated rings. The van der Waals surface area contributed by atoms with Crippen molar-refractivity contribution in [3.8, 4) is 0 Å². The molecule has 1 saturated heterocycles. The van der Waals surface area contributed by atoms with E-state index in [0.29, 0.717) is 19.6 Å². The zero-order valence-electron chi connectivity index (χ0n) is 13.7. The maximum Gasteiger partial charge on any atom is 0.310 e. The molecule has 0 bridgehead atoms. The van der Waals surface area contributed by atoms with E-state index in [-0.39, 0.29) is 17.8 Å². The zero-order chi connectivity index (χ0) is 16.1. The predicted molar refractivity (Wildman–Crippen MR) is 85.6 cm³/mol. The summed E-state index contributed by atoms with van der Waals surface area (Å²) < 4.78 is 5.09. The number of carbonyl (C=O) groups is 2. The highest BCUT2D eigenvalue weighted by molar-refractivity contribution is 5.80. The van der Waals surface area contributed by atoms with Crippen LogP contribution in [-0.2, 0) is 20.7 Å². The fraction of sp³-hybridized carbons (Fsp3) is 0.556. The van der Waals surface area contributed by atoms with Crippen LogP contribution < -0.4 is 0 Å². The summed E-state index contributed by atoms with van der Waals surface area (Å²) in [6.45, 7) is 7.49. The summed E-state index contributed by atoms with van der Waals surface area (Å²) in [6, 6.07) is 6.18. The van der Waals surface area contributed by atoms with Crippen molar-refractivity contribution >= 4 is 11.9 Å². The number of carbonyl (C=O) groups excluding carboxylic acids is 2. The average molecular weight is 303 g/mol. The Morgan fingerprint density at radius 3 is 2.82 bits per heavy atom. The molecule has 1 unspecified atom stereocenters. The van der Waals surface area contributed by atoms with Crippen molar-refractivity contribution in [1.29, 1.82) is 0 Å². The first kappa shape index (κ1) is 16.5. The third kappa shape index (κ3) is 4.09. The van der Waals surface area contributed by atoms with Gasteiger partial charge in [-0.15, -0.1) is 0 Å². The van der Waals surface area contributed by atoms with Gasteiger partial charge in [0.25, 0.3) is 0 Å². The van der Waals surface area contributed by atoms with Gasteiger partial charge in [0.2, 0.25) is 5.91 Å². The molecular weight excluding hydrogens is 278 g/mol. The summed E-state index contributed by atoms with van der Waals surface area (Å²) in [5, 5.41) is 0. The van der Waals surface area contributed by atoms with E-state index < -0.39 is 0 Å². The van der Waals surface area contributed by atoms with Crippen LogP contribution in [-0.4, -0.2) is 36.5 Å². The molecule has 1 aromatic carbocycles. The van der Waals surface area contributed by atoms with E-state index in [1.54, 1.807) is 0 Å². The highest BCUT2D eigenvalue weighted by atomic mass is 16.5. The van der Waals surface area contributed by atoms with Crippen molar-refractivity contribution < 1.29 is 14.3 Å². The van der Waals surface area contributed by atoms with E-state index in [9.17, 15) is 9.59 Å². The molecule has 0 spiro atoms. The van der Waals surface area contributed by atoms with Crippen LogP contribution in [0.4, 0.5) is 0 Å². The Morgan fingerprint density at radius 1 is 1.32 bits per heavy atom. The molecule has 1 amide bonds. The van der Waals surface area contributed by atoms with Gasteiger partial charge in [-0.3, -0.25) is 9.59 Å². The van der Waals surface area contributed by atoms with Gasteiger partial charge in [-0.1, -0.05) is 23.8 Å². The standard InChI is InChI=1S/C18H25NO3/c1-4-22-18(21)15-6-5-9-19(12-15)17(20)11-16-10-13(2)7-8-14(16)3/h7-8,10,15H,4-6,9,11-12H2,1-3H3. The van der Waals surface area contributed by atoms with Crippen LogP contribution in [0, 0.1) is 19.8 Å². The van der Waals surface area contributed by atoms with E-state index in [0.717, 1.165) is 36.1 Å². The Hall–Kier alpha value is -1.84. The topological polar surface area (TPSA) is 46.6 Å². The maximum absolute atomic E-state index is 12.5. The van der Waals surface area contributed by atoms with Gasteiger partial charge >= 0.3 is 5.97 Å². The molecule has 1 atom stereocenters.